The molecule has 26 heavy (non-hydrogen) atoms. The first-order valence-corrected chi connectivity index (χ1v) is 7.62. The quantitative estimate of drug-likeness (QED) is 0.714. The van der Waals surface area contributed by atoms with E-state index in [2.05, 4.69) is 15.4 Å². The van der Waals surface area contributed by atoms with E-state index in [4.69, 9.17) is 0 Å². The maximum absolute atomic E-state index is 12.4. The highest BCUT2D eigenvalue weighted by molar-refractivity contribution is 6.31. The molecule has 2 aliphatic heterocycles. The van der Waals surface area contributed by atoms with Crippen molar-refractivity contribution in [3.8, 4) is 5.75 Å². The number of carboxylic acid groups (broad SMARTS) is 1. The Morgan fingerprint density at radius 2 is 2.04 bits per heavy atom. The van der Waals surface area contributed by atoms with Crippen molar-refractivity contribution in [2.75, 3.05) is 5.32 Å². The van der Waals surface area contributed by atoms with E-state index >= 15 is 0 Å². The monoisotopic (exact) mass is 368 g/mol. The number of carbonyl (C=O) groups excluding carboxylic acids is 1. The molecule has 0 saturated carbocycles. The molecule has 2 heterocycles. The van der Waals surface area contributed by atoms with Gasteiger partial charge in [0.25, 0.3) is 5.91 Å². The molecular weight excluding hydrogens is 353 g/mol. The largest absolute Gasteiger partial charge is 0.573 e. The number of amides is 1. The third kappa shape index (κ3) is 3.12. The van der Waals surface area contributed by atoms with Crippen molar-refractivity contribution in [3.63, 3.8) is 0 Å². The Kier molecular flexibility index (Phi) is 3.97. The first-order valence-electron chi connectivity index (χ1n) is 7.62. The molecule has 138 valence electrons. The lowest BCUT2D eigenvalue weighted by Gasteiger charge is -2.26. The van der Waals surface area contributed by atoms with Crippen LogP contribution in [0.4, 0.5) is 18.9 Å². The summed E-state index contributed by atoms with van der Waals surface area (Å²) < 4.78 is 41.2. The minimum atomic E-state index is -4.84. The molecule has 3 N–H and O–H groups in total. The maximum Gasteiger partial charge on any atom is 0.573 e. The van der Waals surface area contributed by atoms with Crippen LogP contribution < -0.4 is 15.4 Å². The topological polar surface area (TPSA) is 87.7 Å². The number of nitrogens with one attached hydrogen (secondary N) is 2. The van der Waals surface area contributed by atoms with Gasteiger partial charge in [-0.2, -0.15) is 0 Å². The van der Waals surface area contributed by atoms with Gasteiger partial charge in [0.1, 0.15) is 5.75 Å². The summed E-state index contributed by atoms with van der Waals surface area (Å²) in [6.07, 6.45) is -1.96. The van der Waals surface area contributed by atoms with Crippen LogP contribution in [-0.2, 0) is 9.59 Å². The number of rotatable bonds is 3. The zero-order chi connectivity index (χ0) is 19.3. The third-order valence-electron chi connectivity index (χ3n) is 4.45. The van der Waals surface area contributed by atoms with Crippen LogP contribution in [0.15, 0.2) is 36.0 Å². The highest BCUT2D eigenvalue weighted by Crippen LogP contribution is 2.40. The maximum atomic E-state index is 12.4. The van der Waals surface area contributed by atoms with Crippen LogP contribution in [0.5, 0.6) is 5.75 Å². The first-order chi connectivity index (χ1) is 12.0. The smallest absolute Gasteiger partial charge is 0.478 e. The van der Waals surface area contributed by atoms with Gasteiger partial charge in [-0.15, -0.1) is 13.2 Å². The van der Waals surface area contributed by atoms with Gasteiger partial charge in [0.15, 0.2) is 0 Å². The van der Waals surface area contributed by atoms with Gasteiger partial charge < -0.3 is 20.5 Å². The summed E-state index contributed by atoms with van der Waals surface area (Å²) in [5.74, 6) is -2.01. The second kappa shape index (κ2) is 5.79. The average molecular weight is 368 g/mol. The number of aliphatic carboxylic acids is 1. The molecule has 9 heteroatoms. The highest BCUT2D eigenvalue weighted by atomic mass is 19.4. The molecule has 1 unspecified atom stereocenters. The molecule has 0 radical (unpaired) electrons. The molecule has 2 aliphatic rings. The van der Waals surface area contributed by atoms with Gasteiger partial charge in [-0.25, -0.2) is 4.79 Å². The number of halogens is 3. The van der Waals surface area contributed by atoms with E-state index in [0.29, 0.717) is 5.69 Å². The molecule has 1 aromatic rings. The number of ether oxygens (including phenoxy) is 1. The molecule has 1 atom stereocenters. The van der Waals surface area contributed by atoms with Crippen molar-refractivity contribution in [1.82, 2.24) is 5.32 Å². The fourth-order valence-corrected chi connectivity index (χ4v) is 3.03. The molecule has 0 saturated heterocycles. The Bertz CT molecular complexity index is 856. The van der Waals surface area contributed by atoms with E-state index in [9.17, 15) is 27.9 Å². The summed E-state index contributed by atoms with van der Waals surface area (Å²) in [5, 5.41) is 14.7. The molecule has 1 aromatic carbocycles. The number of benzene rings is 1. The zero-order valence-corrected chi connectivity index (χ0v) is 13.8. The van der Waals surface area contributed by atoms with Crippen molar-refractivity contribution >= 4 is 23.1 Å². The van der Waals surface area contributed by atoms with Crippen LogP contribution in [0.2, 0.25) is 0 Å². The van der Waals surface area contributed by atoms with E-state index in [1.54, 1.807) is 13.8 Å². The third-order valence-corrected chi connectivity index (χ3v) is 4.45. The summed E-state index contributed by atoms with van der Waals surface area (Å²) in [4.78, 5) is 23.5. The minimum absolute atomic E-state index is 0.145. The van der Waals surface area contributed by atoms with Gasteiger partial charge in [-0.05, 0) is 24.3 Å². The number of anilines is 1. The second-order valence-corrected chi connectivity index (χ2v) is 6.52. The lowest BCUT2D eigenvalue weighted by Crippen LogP contribution is -2.34. The summed E-state index contributed by atoms with van der Waals surface area (Å²) in [6, 6.07) is 3.04. The first kappa shape index (κ1) is 17.8. The van der Waals surface area contributed by atoms with E-state index in [1.807, 2.05) is 0 Å². The summed E-state index contributed by atoms with van der Waals surface area (Å²) in [5.41, 5.74) is 0.101. The molecule has 1 amide bonds. The van der Waals surface area contributed by atoms with Crippen LogP contribution in [0.1, 0.15) is 19.4 Å². The number of carbonyl (C=O) groups is 2. The van der Waals surface area contributed by atoms with Gasteiger partial charge in [-0.3, -0.25) is 4.79 Å². The summed E-state index contributed by atoms with van der Waals surface area (Å²) in [6.45, 7) is 3.40. The number of alkyl halides is 3. The number of hydrogen-bond donors (Lipinski definition) is 3. The fraction of sp³-hybridized carbons (Fsp3) is 0.294. The molecule has 0 spiro atoms. The Balaban J connectivity index is 1.96. The van der Waals surface area contributed by atoms with Gasteiger partial charge in [0.2, 0.25) is 0 Å². The number of carboxylic acids is 1. The summed E-state index contributed by atoms with van der Waals surface area (Å²) in [7, 11) is 0. The molecule has 6 nitrogen and oxygen atoms in total. The van der Waals surface area contributed by atoms with Crippen LogP contribution >= 0.6 is 0 Å². The van der Waals surface area contributed by atoms with Gasteiger partial charge in [-0.1, -0.05) is 13.8 Å². The predicted molar refractivity (Wildman–Crippen MR) is 86.2 cm³/mol. The van der Waals surface area contributed by atoms with Crippen LogP contribution in [0.3, 0.4) is 0 Å². The van der Waals surface area contributed by atoms with E-state index in [1.165, 1.54) is 18.3 Å². The van der Waals surface area contributed by atoms with Crippen molar-refractivity contribution in [2.45, 2.75) is 26.3 Å². The lowest BCUT2D eigenvalue weighted by atomic mass is 9.79. The molecular formula is C17H15F3N2O4. The Morgan fingerprint density at radius 3 is 2.62 bits per heavy atom. The second-order valence-electron chi connectivity index (χ2n) is 6.52. The Morgan fingerprint density at radius 1 is 1.35 bits per heavy atom. The average Bonchev–Trinajstić information content (AvgIpc) is 2.95. The normalized spacial score (nSPS) is 22.5. The lowest BCUT2D eigenvalue weighted by molar-refractivity contribution is -0.274. The van der Waals surface area contributed by atoms with E-state index < -0.39 is 35.4 Å². The zero-order valence-electron chi connectivity index (χ0n) is 13.8. The van der Waals surface area contributed by atoms with Gasteiger partial charge >= 0.3 is 12.3 Å². The van der Waals surface area contributed by atoms with Crippen LogP contribution in [-0.4, -0.2) is 29.4 Å². The molecule has 0 fully saturated rings. The standard InChI is InChI=1S/C17H15F3N2O4/c1-16(2)11(15(24)25)7-21-13(16)6-10-9-5-8(26-17(18,19)20)3-4-12(9)22-14(10)23/h3-7,13,21H,1-2H3,(H,22,23)(H,24,25)/b10-6-. The van der Waals surface area contributed by atoms with Crippen molar-refractivity contribution in [2.24, 2.45) is 5.41 Å². The number of hydrogen-bond acceptors (Lipinski definition) is 4. The van der Waals surface area contributed by atoms with Crippen LogP contribution in [0, 0.1) is 5.41 Å². The molecule has 0 aromatic heterocycles. The highest BCUT2D eigenvalue weighted by Gasteiger charge is 2.41. The predicted octanol–water partition coefficient (Wildman–Crippen LogP) is 2.89. The van der Waals surface area contributed by atoms with Crippen molar-refractivity contribution < 1.29 is 32.6 Å². The van der Waals surface area contributed by atoms with E-state index in [-0.39, 0.29) is 16.7 Å². The minimum Gasteiger partial charge on any atom is -0.478 e. The molecule has 3 rings (SSSR count). The Labute approximate surface area is 146 Å². The fourth-order valence-electron chi connectivity index (χ4n) is 3.03. The van der Waals surface area contributed by atoms with Crippen LogP contribution in [0.25, 0.3) is 5.57 Å². The van der Waals surface area contributed by atoms with Crippen molar-refractivity contribution in [1.29, 1.82) is 0 Å². The van der Waals surface area contributed by atoms with Crippen molar-refractivity contribution in [3.05, 3.63) is 41.6 Å². The van der Waals surface area contributed by atoms with Gasteiger partial charge in [0, 0.05) is 28.4 Å². The molecule has 0 bridgehead atoms. The number of fused-ring (bicyclic) bond motifs is 1. The van der Waals surface area contributed by atoms with E-state index in [0.717, 1.165) is 12.1 Å². The molecule has 0 aliphatic carbocycles. The Hall–Kier alpha value is -2.97. The SMILES string of the molecule is CC1(C)C(C(=O)O)=CNC1/C=C1\C(=O)Nc2ccc(OC(F)(F)F)cc21. The van der Waals surface area contributed by atoms with Gasteiger partial charge in [0.05, 0.1) is 11.6 Å². The summed E-state index contributed by atoms with van der Waals surface area (Å²) >= 11 is 0.